The van der Waals surface area contributed by atoms with Gasteiger partial charge in [0.1, 0.15) is 0 Å². The number of hydrogen-bond acceptors (Lipinski definition) is 5. The van der Waals surface area contributed by atoms with E-state index in [1.54, 1.807) is 12.4 Å². The van der Waals surface area contributed by atoms with Crippen LogP contribution in [0.4, 0.5) is 0 Å². The molecule has 19 heavy (non-hydrogen) atoms. The third-order valence-corrected chi connectivity index (χ3v) is 5.93. The highest BCUT2D eigenvalue weighted by Gasteiger charge is 2.44. The predicted molar refractivity (Wildman–Crippen MR) is 74.5 cm³/mol. The second kappa shape index (κ2) is 6.62. The smallest absolute Gasteiger partial charge is 0.315 e. The van der Waals surface area contributed by atoms with Crippen molar-refractivity contribution in [2.24, 2.45) is 0 Å². The second-order valence-corrected chi connectivity index (χ2v) is 6.75. The Labute approximate surface area is 114 Å². The Bertz CT molecular complexity index is 431. The summed E-state index contributed by atoms with van der Waals surface area (Å²) in [5, 5.41) is 3.29. The van der Waals surface area contributed by atoms with Crippen molar-refractivity contribution in [3.63, 3.8) is 0 Å². The normalized spacial score (nSPS) is 23.7. The van der Waals surface area contributed by atoms with E-state index < -0.39 is 7.60 Å². The standard InChI is InChI=1S/C13H21N2O3P/c1-3-17-19(16,18-4-2)13-10-15-9-12(13)11-5-7-14-8-6-11/h5-8,12-13,15H,3-4,9-10H2,1-2H3. The van der Waals surface area contributed by atoms with Crippen molar-refractivity contribution in [3.8, 4) is 0 Å². The zero-order valence-corrected chi connectivity index (χ0v) is 12.3. The van der Waals surface area contributed by atoms with E-state index >= 15 is 0 Å². The highest BCUT2D eigenvalue weighted by molar-refractivity contribution is 7.54. The summed E-state index contributed by atoms with van der Waals surface area (Å²) in [6.45, 7) is 5.93. The van der Waals surface area contributed by atoms with Crippen LogP contribution in [0.2, 0.25) is 0 Å². The first-order valence-electron chi connectivity index (χ1n) is 6.70. The molecule has 1 fully saturated rings. The van der Waals surface area contributed by atoms with Crippen molar-refractivity contribution >= 4 is 7.60 Å². The van der Waals surface area contributed by atoms with Crippen LogP contribution in [0.3, 0.4) is 0 Å². The minimum atomic E-state index is -3.07. The van der Waals surface area contributed by atoms with E-state index in [2.05, 4.69) is 10.3 Å². The average Bonchev–Trinajstić information content (AvgIpc) is 2.90. The van der Waals surface area contributed by atoms with Crippen LogP contribution in [0.5, 0.6) is 0 Å². The molecule has 2 heterocycles. The molecule has 1 N–H and O–H groups in total. The van der Waals surface area contributed by atoms with Crippen LogP contribution in [0.25, 0.3) is 0 Å². The molecule has 0 aliphatic carbocycles. The first-order chi connectivity index (χ1) is 9.21. The zero-order valence-electron chi connectivity index (χ0n) is 11.4. The highest BCUT2D eigenvalue weighted by Crippen LogP contribution is 2.58. The summed E-state index contributed by atoms with van der Waals surface area (Å²) in [6, 6.07) is 3.93. The number of nitrogens with zero attached hydrogens (tertiary/aromatic N) is 1. The topological polar surface area (TPSA) is 60.5 Å². The van der Waals surface area contributed by atoms with Gasteiger partial charge in [-0.3, -0.25) is 9.55 Å². The highest BCUT2D eigenvalue weighted by atomic mass is 31.2. The van der Waals surface area contributed by atoms with Gasteiger partial charge in [0.15, 0.2) is 0 Å². The summed E-state index contributed by atoms with van der Waals surface area (Å²) in [5.74, 6) is 0.145. The van der Waals surface area contributed by atoms with Crippen LogP contribution in [-0.2, 0) is 13.6 Å². The molecule has 0 saturated carbocycles. The van der Waals surface area contributed by atoms with Crippen LogP contribution in [0.15, 0.2) is 24.5 Å². The van der Waals surface area contributed by atoms with Gasteiger partial charge < -0.3 is 14.4 Å². The van der Waals surface area contributed by atoms with Gasteiger partial charge in [0.2, 0.25) is 0 Å². The number of aromatic nitrogens is 1. The van der Waals surface area contributed by atoms with Crippen molar-refractivity contribution in [3.05, 3.63) is 30.1 Å². The number of nitrogens with one attached hydrogen (secondary N) is 1. The maximum atomic E-state index is 12.9. The molecule has 5 nitrogen and oxygen atoms in total. The van der Waals surface area contributed by atoms with E-state index in [9.17, 15) is 4.57 Å². The van der Waals surface area contributed by atoms with Gasteiger partial charge in [-0.2, -0.15) is 0 Å². The third-order valence-electron chi connectivity index (χ3n) is 3.34. The summed E-state index contributed by atoms with van der Waals surface area (Å²) >= 11 is 0. The second-order valence-electron chi connectivity index (χ2n) is 4.49. The SMILES string of the molecule is CCOP(=O)(OCC)C1CNCC1c1ccncc1. The van der Waals surface area contributed by atoms with E-state index in [4.69, 9.17) is 9.05 Å². The van der Waals surface area contributed by atoms with Crippen LogP contribution >= 0.6 is 7.60 Å². The molecule has 0 aromatic carbocycles. The Hall–Kier alpha value is -0.740. The number of hydrogen-bond donors (Lipinski definition) is 1. The Morgan fingerprint density at radius 2 is 1.89 bits per heavy atom. The van der Waals surface area contributed by atoms with E-state index in [0.717, 1.165) is 12.1 Å². The fraction of sp³-hybridized carbons (Fsp3) is 0.615. The van der Waals surface area contributed by atoms with Crippen LogP contribution in [-0.4, -0.2) is 36.9 Å². The fourth-order valence-electron chi connectivity index (χ4n) is 2.54. The molecule has 106 valence electrons. The molecule has 1 aliphatic rings. The average molecular weight is 284 g/mol. The number of pyridine rings is 1. The monoisotopic (exact) mass is 284 g/mol. The first-order valence-corrected chi connectivity index (χ1v) is 8.32. The molecule has 0 bridgehead atoms. The molecule has 0 radical (unpaired) electrons. The van der Waals surface area contributed by atoms with Crippen molar-refractivity contribution in [1.82, 2.24) is 10.3 Å². The fourth-order valence-corrected chi connectivity index (χ4v) is 4.78. The van der Waals surface area contributed by atoms with E-state index in [1.165, 1.54) is 0 Å². The summed E-state index contributed by atoms with van der Waals surface area (Å²) in [6.07, 6.45) is 3.52. The van der Waals surface area contributed by atoms with Crippen molar-refractivity contribution in [1.29, 1.82) is 0 Å². The maximum Gasteiger partial charge on any atom is 0.335 e. The molecular weight excluding hydrogens is 263 g/mol. The molecule has 2 atom stereocenters. The third kappa shape index (κ3) is 3.23. The summed E-state index contributed by atoms with van der Waals surface area (Å²) in [5.41, 5.74) is 0.999. The summed E-state index contributed by atoms with van der Waals surface area (Å²) in [7, 11) is -3.07. The minimum Gasteiger partial charge on any atom is -0.315 e. The molecule has 6 heteroatoms. The van der Waals surface area contributed by atoms with Gasteiger partial charge >= 0.3 is 7.60 Å². The van der Waals surface area contributed by atoms with Gasteiger partial charge in [0.25, 0.3) is 0 Å². The lowest BCUT2D eigenvalue weighted by Crippen LogP contribution is -2.21. The Kier molecular flexibility index (Phi) is 5.11. The molecule has 2 rings (SSSR count). The predicted octanol–water partition coefficient (Wildman–Crippen LogP) is 2.40. The Balaban J connectivity index is 2.24. The van der Waals surface area contributed by atoms with Crippen LogP contribution < -0.4 is 5.32 Å². The lowest BCUT2D eigenvalue weighted by molar-refractivity contribution is 0.211. The van der Waals surface area contributed by atoms with E-state index in [0.29, 0.717) is 19.8 Å². The van der Waals surface area contributed by atoms with Gasteiger partial charge in [-0.25, -0.2) is 0 Å². The largest absolute Gasteiger partial charge is 0.335 e. The zero-order chi connectivity index (χ0) is 13.7. The summed E-state index contributed by atoms with van der Waals surface area (Å²) < 4.78 is 23.9. The lowest BCUT2D eigenvalue weighted by Gasteiger charge is -2.27. The Morgan fingerprint density at radius 1 is 1.26 bits per heavy atom. The molecule has 1 aromatic rings. The summed E-state index contributed by atoms with van der Waals surface area (Å²) in [4.78, 5) is 4.02. The van der Waals surface area contributed by atoms with Gasteiger partial charge in [-0.15, -0.1) is 0 Å². The first kappa shape index (κ1) is 14.7. The van der Waals surface area contributed by atoms with E-state index in [-0.39, 0.29) is 11.6 Å². The molecular formula is C13H21N2O3P. The Morgan fingerprint density at radius 3 is 2.47 bits per heavy atom. The molecule has 0 amide bonds. The minimum absolute atomic E-state index is 0.130. The molecule has 2 unspecified atom stereocenters. The number of rotatable bonds is 6. The maximum absolute atomic E-state index is 12.9. The quantitative estimate of drug-likeness (QED) is 0.813. The lowest BCUT2D eigenvalue weighted by atomic mass is 9.99. The molecule has 1 aliphatic heterocycles. The van der Waals surface area contributed by atoms with Gasteiger partial charge in [0, 0.05) is 31.4 Å². The van der Waals surface area contributed by atoms with Crippen molar-refractivity contribution < 1.29 is 13.6 Å². The van der Waals surface area contributed by atoms with Gasteiger partial charge in [-0.1, -0.05) is 0 Å². The molecule has 0 spiro atoms. The van der Waals surface area contributed by atoms with Gasteiger partial charge in [-0.05, 0) is 31.5 Å². The van der Waals surface area contributed by atoms with Crippen LogP contribution in [0.1, 0.15) is 25.3 Å². The van der Waals surface area contributed by atoms with Crippen molar-refractivity contribution in [2.45, 2.75) is 25.4 Å². The van der Waals surface area contributed by atoms with Gasteiger partial charge in [0.05, 0.1) is 18.9 Å². The van der Waals surface area contributed by atoms with Crippen LogP contribution in [0, 0.1) is 0 Å². The molecule has 1 saturated heterocycles. The van der Waals surface area contributed by atoms with E-state index in [1.807, 2.05) is 26.0 Å². The molecule has 1 aromatic heterocycles. The van der Waals surface area contributed by atoms with Crippen molar-refractivity contribution in [2.75, 3.05) is 26.3 Å².